The maximum atomic E-state index is 12.8. The highest BCUT2D eigenvalue weighted by atomic mass is 32.2. The van der Waals surface area contributed by atoms with Gasteiger partial charge in [-0.1, -0.05) is 6.08 Å². The molecular formula is C58H88N7O30P2S4+. The fraction of sp³-hybridized carbons (Fsp3) is 0.603. The number of aromatic nitrogens is 2. The summed E-state index contributed by atoms with van der Waals surface area (Å²) in [6, 6.07) is 8.09. The van der Waals surface area contributed by atoms with Crippen LogP contribution in [-0.2, 0) is 108 Å². The Morgan fingerprint density at radius 1 is 0.752 bits per heavy atom. The number of nitrogens with two attached hydrogens (primary N) is 1. The molecule has 2 aromatic carbocycles. The molecule has 1 saturated heterocycles. The molecule has 13 N–H and O–H groups in total. The van der Waals surface area contributed by atoms with Crippen molar-refractivity contribution in [3.8, 4) is 0 Å². The van der Waals surface area contributed by atoms with Crippen LogP contribution in [0.25, 0.3) is 0 Å². The number of unbranched alkanes of at least 4 members (excludes halogenated alkanes) is 2. The van der Waals surface area contributed by atoms with Crippen molar-refractivity contribution in [2.24, 2.45) is 0 Å². The lowest BCUT2D eigenvalue weighted by molar-refractivity contribution is -0.438. The number of benzene rings is 2. The van der Waals surface area contributed by atoms with Gasteiger partial charge in [0.25, 0.3) is 40.5 Å². The van der Waals surface area contributed by atoms with Crippen LogP contribution in [-0.4, -0.2) is 237 Å². The van der Waals surface area contributed by atoms with Gasteiger partial charge in [0.2, 0.25) is 17.5 Å². The Morgan fingerprint density at radius 2 is 1.36 bits per heavy atom. The molecule has 0 radical (unpaired) electrons. The second-order valence-electron chi connectivity index (χ2n) is 23.7. The number of rotatable bonds is 46. The summed E-state index contributed by atoms with van der Waals surface area (Å²) in [6.45, 7) is 3.59. The predicted octanol–water partition coefficient (Wildman–Crippen LogP) is 1.43. The zero-order valence-corrected chi connectivity index (χ0v) is 60.3. The van der Waals surface area contributed by atoms with E-state index >= 15 is 0 Å². The third kappa shape index (κ3) is 26.9. The Morgan fingerprint density at radius 3 is 1.98 bits per heavy atom. The van der Waals surface area contributed by atoms with Gasteiger partial charge < -0.3 is 74.4 Å². The van der Waals surface area contributed by atoms with Gasteiger partial charge in [0.15, 0.2) is 11.9 Å². The Balaban J connectivity index is 0.906. The van der Waals surface area contributed by atoms with E-state index in [0.29, 0.717) is 66.1 Å². The average Bonchev–Trinajstić information content (AvgIpc) is 1.58. The van der Waals surface area contributed by atoms with Crippen LogP contribution < -0.4 is 27.0 Å². The molecule has 0 saturated carbocycles. The molecule has 0 aliphatic carbocycles. The van der Waals surface area contributed by atoms with Crippen LogP contribution in [0.15, 0.2) is 81.1 Å². The van der Waals surface area contributed by atoms with Crippen LogP contribution in [0.5, 0.6) is 0 Å². The predicted molar refractivity (Wildman–Crippen MR) is 359 cm³/mol. The molecular weight excluding hydrogens is 1460 g/mol. The minimum absolute atomic E-state index is 0.0234. The van der Waals surface area contributed by atoms with Gasteiger partial charge in [0.05, 0.1) is 92.8 Å². The third-order valence-corrected chi connectivity index (χ3v) is 20.7. The lowest BCUT2D eigenvalue weighted by Crippen LogP contribution is -2.38. The van der Waals surface area contributed by atoms with Crippen molar-refractivity contribution in [1.29, 1.82) is 0 Å². The van der Waals surface area contributed by atoms with Crippen molar-refractivity contribution in [1.82, 2.24) is 20.2 Å². The first-order valence-corrected chi connectivity index (χ1v) is 40.9. The molecule has 0 bridgehead atoms. The quantitative estimate of drug-likeness (QED) is 0.0165. The topological polar surface area (TPSA) is 552 Å². The molecule has 3 aliphatic rings. The molecule has 6 atom stereocenters. The average molecular weight is 1550 g/mol. The van der Waals surface area contributed by atoms with E-state index in [-0.39, 0.29) is 147 Å². The molecule has 43 heteroatoms. The standard InChI is InChI=1S/C58H87N7O30P2S4/c1-58(20-9-35-99(79,80)81)45-37-42(101(85,86)87)16-18-48(45)64(50(58)13-6-12-46-43(11-8-34-98(76,77)78)44-36-41(100(82,83)84)15-17-47(44)63(46)24-27-88-2)23-5-3-4-14-51(66)61-22-26-90-29-31-92-33-32-91-30-28-89-25-19-52(67)60-21-7-10-40-38-65(57(69)62-55(40)59)56-53(68)54(95-97(73,74)75)49(94-56)39-93-96(70,71)72/h6,12-13,15-18,36-38,43,49,53-54,56,68H,3-5,7-11,14,19-35,39H2,1-2H3,(H11-,59,60,61,62,66,67,69,70,71,72,73,74,75,76,77,78,79,80,81,82,83,84,85,86,87)/p+1/t43?,49-,53?,54+,56-,58?/m1/s1. The Hall–Kier alpha value is -5.41. The maximum Gasteiger partial charge on any atom is 0.470 e. The molecule has 6 rings (SSSR count). The fourth-order valence-corrected chi connectivity index (χ4v) is 14.7. The summed E-state index contributed by atoms with van der Waals surface area (Å²) in [6.07, 6.45) is 1.32. The van der Waals surface area contributed by atoms with Crippen LogP contribution >= 0.6 is 15.6 Å². The number of nitrogens with one attached hydrogen (secondary N) is 2. The van der Waals surface area contributed by atoms with Crippen LogP contribution in [0.2, 0.25) is 0 Å². The zero-order valence-electron chi connectivity index (χ0n) is 55.2. The smallest absolute Gasteiger partial charge is 0.386 e. The maximum absolute atomic E-state index is 12.8. The number of nitrogen functional groups attached to an aromatic ring is 1. The number of allylic oxidation sites excluding steroid dienone is 4. The number of phosphoric ester groups is 2. The summed E-state index contributed by atoms with van der Waals surface area (Å²) in [5.41, 5.74) is 7.09. The van der Waals surface area contributed by atoms with Gasteiger partial charge in [-0.05, 0) is 100 Å². The molecule has 2 amide bonds. The molecule has 3 aliphatic heterocycles. The van der Waals surface area contributed by atoms with Crippen LogP contribution in [0.1, 0.15) is 100.0 Å². The Labute approximate surface area is 583 Å². The molecule has 101 heavy (non-hydrogen) atoms. The Kier molecular flexibility index (Phi) is 31.8. The highest BCUT2D eigenvalue weighted by Crippen LogP contribution is 2.49. The number of ether oxygens (including phenoxy) is 6. The molecule has 0 spiro atoms. The summed E-state index contributed by atoms with van der Waals surface area (Å²) in [5, 5.41) is 16.3. The summed E-state index contributed by atoms with van der Waals surface area (Å²) in [7, 11) is -27.1. The van der Waals surface area contributed by atoms with Gasteiger partial charge >= 0.3 is 21.3 Å². The van der Waals surface area contributed by atoms with Crippen molar-refractivity contribution < 1.29 is 137 Å². The monoisotopic (exact) mass is 1550 g/mol. The number of nitrogens with zero attached hydrogens (tertiary/aromatic N) is 4. The SMILES string of the molecule is COCCN1C(=CC=CC2=[N+](CCCCCC(=O)NCCOCCOCCOCCOCCC(=O)NCCCc3cn([C@@H]4O[C@H](COP(=O)(O)O)[C@H](OP(=O)(O)O)C4O)c(=O)nc3N)c3ccc(S(=O)(=O)O)cc3C2(C)CCCS(=O)(=O)O)C(CCCS(=O)(=O)O)c2cc(S(=O)(=O)O)ccc21. The Bertz CT molecular complexity index is 4080. The van der Waals surface area contributed by atoms with Gasteiger partial charge in [-0.3, -0.25) is 41.4 Å². The summed E-state index contributed by atoms with van der Waals surface area (Å²) >= 11 is 0. The van der Waals surface area contributed by atoms with Gasteiger partial charge in [-0.2, -0.15) is 43.2 Å². The first kappa shape index (κ1) is 84.5. The second kappa shape index (κ2) is 38.0. The molecule has 568 valence electrons. The van der Waals surface area contributed by atoms with E-state index in [1.807, 2.05) is 9.48 Å². The van der Waals surface area contributed by atoms with E-state index in [9.17, 15) is 90.3 Å². The minimum Gasteiger partial charge on any atom is -0.386 e. The van der Waals surface area contributed by atoms with E-state index < -0.39 is 126 Å². The van der Waals surface area contributed by atoms with Crippen molar-refractivity contribution in [2.45, 2.75) is 123 Å². The highest BCUT2D eigenvalue weighted by molar-refractivity contribution is 7.86. The lowest BCUT2D eigenvalue weighted by Gasteiger charge is -2.23. The van der Waals surface area contributed by atoms with E-state index in [0.717, 1.165) is 4.57 Å². The zero-order chi connectivity index (χ0) is 74.6. The van der Waals surface area contributed by atoms with Crippen molar-refractivity contribution in [3.05, 3.63) is 93.7 Å². The minimum atomic E-state index is -5.29. The second-order valence-corrected chi connectivity index (χ2v) is 32.2. The number of phosphoric acid groups is 2. The molecule has 4 heterocycles. The molecule has 1 fully saturated rings. The molecule has 3 unspecified atom stereocenters. The number of anilines is 2. The normalized spacial score (nSPS) is 20.2. The number of hydrogen-bond acceptors (Lipinski definition) is 25. The number of aliphatic hydroxyl groups is 1. The van der Waals surface area contributed by atoms with E-state index in [4.69, 9.17) is 43.9 Å². The molecule has 3 aromatic rings. The molecule has 37 nitrogen and oxygen atoms in total. The number of carbonyl (C=O) groups is 2. The van der Waals surface area contributed by atoms with Crippen molar-refractivity contribution >= 4 is 90.8 Å². The van der Waals surface area contributed by atoms with Crippen LogP contribution in [0.4, 0.5) is 17.2 Å². The highest BCUT2D eigenvalue weighted by Gasteiger charge is 2.50. The van der Waals surface area contributed by atoms with Crippen molar-refractivity contribution in [2.75, 3.05) is 121 Å². The van der Waals surface area contributed by atoms with Gasteiger partial charge in [0.1, 0.15) is 30.7 Å². The number of hydrogen-bond donors (Lipinski definition) is 12. The van der Waals surface area contributed by atoms with Gasteiger partial charge in [0, 0.05) is 92.8 Å². The first-order chi connectivity index (χ1) is 47.3. The van der Waals surface area contributed by atoms with E-state index in [1.165, 1.54) is 49.7 Å². The number of aliphatic hydroxyl groups excluding tert-OH is 1. The van der Waals surface area contributed by atoms with E-state index in [1.54, 1.807) is 25.2 Å². The van der Waals surface area contributed by atoms with Gasteiger partial charge in [-0.25, -0.2) is 13.9 Å². The van der Waals surface area contributed by atoms with Crippen LogP contribution in [0.3, 0.4) is 0 Å². The largest absolute Gasteiger partial charge is 0.470 e. The summed E-state index contributed by atoms with van der Waals surface area (Å²) in [4.78, 5) is 79.6. The number of fused-ring (bicyclic) bond motifs is 2. The van der Waals surface area contributed by atoms with Crippen LogP contribution in [0, 0.1) is 0 Å². The lowest BCUT2D eigenvalue weighted by atomic mass is 9.75. The first-order valence-electron chi connectivity index (χ1n) is 31.7. The fourth-order valence-electron chi connectivity index (χ4n) is 11.7. The number of methoxy groups -OCH3 is 1. The number of carbonyl (C=O) groups excluding carboxylic acids is 2. The van der Waals surface area contributed by atoms with Gasteiger partial charge in [-0.15, -0.1) is 0 Å². The molecule has 1 aromatic heterocycles. The van der Waals surface area contributed by atoms with Crippen molar-refractivity contribution in [3.63, 3.8) is 0 Å². The summed E-state index contributed by atoms with van der Waals surface area (Å²) < 4.78 is 204. The number of amides is 2. The van der Waals surface area contributed by atoms with E-state index in [2.05, 4.69) is 24.7 Å². The number of aryl methyl sites for hydroxylation is 1. The third-order valence-electron chi connectivity index (χ3n) is 16.4. The summed E-state index contributed by atoms with van der Waals surface area (Å²) in [5.74, 6) is -2.63.